The van der Waals surface area contributed by atoms with Crippen LogP contribution in [0.15, 0.2) is 40.9 Å². The van der Waals surface area contributed by atoms with Gasteiger partial charge in [-0.25, -0.2) is 4.39 Å². The molecule has 0 saturated carbocycles. The van der Waals surface area contributed by atoms with Gasteiger partial charge in [0.1, 0.15) is 11.6 Å². The van der Waals surface area contributed by atoms with E-state index in [0.29, 0.717) is 10.2 Å². The van der Waals surface area contributed by atoms with Crippen LogP contribution in [0.3, 0.4) is 0 Å². The molecule has 0 aromatic heterocycles. The Kier molecular flexibility index (Phi) is 4.96. The Hall–Kier alpha value is -1.88. The molecule has 0 aliphatic heterocycles. The summed E-state index contributed by atoms with van der Waals surface area (Å²) in [6.07, 6.45) is 0. The SMILES string of the molecule is Cc1ccc(C)c(NC(=O)COc2ccc(F)cc2Br)c1. The van der Waals surface area contributed by atoms with Crippen molar-refractivity contribution < 1.29 is 13.9 Å². The average molecular weight is 352 g/mol. The van der Waals surface area contributed by atoms with E-state index in [1.54, 1.807) is 0 Å². The van der Waals surface area contributed by atoms with Gasteiger partial charge in [-0.2, -0.15) is 0 Å². The molecule has 2 aromatic rings. The molecule has 1 N–H and O–H groups in total. The van der Waals surface area contributed by atoms with E-state index < -0.39 is 0 Å². The smallest absolute Gasteiger partial charge is 0.262 e. The molecule has 0 spiro atoms. The van der Waals surface area contributed by atoms with Gasteiger partial charge in [0.2, 0.25) is 0 Å². The van der Waals surface area contributed by atoms with Crippen molar-refractivity contribution in [2.45, 2.75) is 13.8 Å². The van der Waals surface area contributed by atoms with Crippen molar-refractivity contribution in [2.24, 2.45) is 0 Å². The maximum absolute atomic E-state index is 13.0. The maximum atomic E-state index is 13.0. The minimum atomic E-state index is -0.367. The molecule has 5 heteroatoms. The quantitative estimate of drug-likeness (QED) is 0.895. The van der Waals surface area contributed by atoms with Crippen LogP contribution in [-0.4, -0.2) is 12.5 Å². The van der Waals surface area contributed by atoms with Crippen molar-refractivity contribution in [3.63, 3.8) is 0 Å². The maximum Gasteiger partial charge on any atom is 0.262 e. The molecular formula is C16H15BrFNO2. The van der Waals surface area contributed by atoms with E-state index in [9.17, 15) is 9.18 Å². The minimum Gasteiger partial charge on any atom is -0.483 e. The van der Waals surface area contributed by atoms with Gasteiger partial charge in [-0.05, 0) is 65.2 Å². The Balaban J connectivity index is 1.97. The molecule has 3 nitrogen and oxygen atoms in total. The van der Waals surface area contributed by atoms with E-state index in [1.807, 2.05) is 32.0 Å². The second-order valence-electron chi connectivity index (χ2n) is 4.73. The Morgan fingerprint density at radius 3 is 2.71 bits per heavy atom. The van der Waals surface area contributed by atoms with Crippen molar-refractivity contribution in [1.82, 2.24) is 0 Å². The van der Waals surface area contributed by atoms with Gasteiger partial charge in [0.15, 0.2) is 6.61 Å². The first kappa shape index (κ1) is 15.5. The summed E-state index contributed by atoms with van der Waals surface area (Å²) in [6.45, 7) is 3.74. The molecule has 0 saturated heterocycles. The average Bonchev–Trinajstić information content (AvgIpc) is 2.42. The Morgan fingerprint density at radius 2 is 2.00 bits per heavy atom. The largest absolute Gasteiger partial charge is 0.483 e. The highest BCUT2D eigenvalue weighted by Crippen LogP contribution is 2.25. The molecule has 2 aromatic carbocycles. The third-order valence-electron chi connectivity index (χ3n) is 2.92. The monoisotopic (exact) mass is 351 g/mol. The molecule has 0 radical (unpaired) electrons. The van der Waals surface area contributed by atoms with Gasteiger partial charge in [0.25, 0.3) is 5.91 Å². The number of halogens is 2. The highest BCUT2D eigenvalue weighted by atomic mass is 79.9. The summed E-state index contributed by atoms with van der Waals surface area (Å²) in [5, 5.41) is 2.80. The number of benzene rings is 2. The van der Waals surface area contributed by atoms with Gasteiger partial charge in [-0.3, -0.25) is 4.79 Å². The highest BCUT2D eigenvalue weighted by molar-refractivity contribution is 9.10. The molecule has 0 aliphatic carbocycles. The van der Waals surface area contributed by atoms with E-state index in [2.05, 4.69) is 21.2 Å². The number of carbonyl (C=O) groups excluding carboxylic acids is 1. The fourth-order valence-electron chi connectivity index (χ4n) is 1.79. The molecule has 0 fully saturated rings. The van der Waals surface area contributed by atoms with Crippen molar-refractivity contribution in [1.29, 1.82) is 0 Å². The molecule has 1 amide bonds. The van der Waals surface area contributed by atoms with Crippen LogP contribution in [0.1, 0.15) is 11.1 Å². The zero-order chi connectivity index (χ0) is 15.4. The third kappa shape index (κ3) is 4.29. The number of anilines is 1. The summed E-state index contributed by atoms with van der Waals surface area (Å²) in [4.78, 5) is 11.9. The van der Waals surface area contributed by atoms with Crippen molar-refractivity contribution in [2.75, 3.05) is 11.9 Å². The standard InChI is InChI=1S/C16H15BrFNO2/c1-10-3-4-11(2)14(7-10)19-16(20)9-21-15-6-5-12(18)8-13(15)17/h3-8H,9H2,1-2H3,(H,19,20). The number of carbonyl (C=O) groups is 1. The van der Waals surface area contributed by atoms with Crippen LogP contribution >= 0.6 is 15.9 Å². The molecule has 0 bridgehead atoms. The van der Waals surface area contributed by atoms with Crippen LogP contribution in [-0.2, 0) is 4.79 Å². The van der Waals surface area contributed by atoms with Gasteiger partial charge in [0, 0.05) is 5.69 Å². The van der Waals surface area contributed by atoms with Crippen LogP contribution in [0.2, 0.25) is 0 Å². The summed E-state index contributed by atoms with van der Waals surface area (Å²) in [5.41, 5.74) is 2.82. The molecule has 0 unspecified atom stereocenters. The zero-order valence-electron chi connectivity index (χ0n) is 11.7. The molecular weight excluding hydrogens is 337 g/mol. The predicted octanol–water partition coefficient (Wildman–Crippen LogP) is 4.22. The van der Waals surface area contributed by atoms with Gasteiger partial charge in [0.05, 0.1) is 4.47 Å². The van der Waals surface area contributed by atoms with Gasteiger partial charge >= 0.3 is 0 Å². The third-order valence-corrected chi connectivity index (χ3v) is 3.54. The first-order chi connectivity index (χ1) is 9.95. The van der Waals surface area contributed by atoms with Crippen LogP contribution in [0.4, 0.5) is 10.1 Å². The highest BCUT2D eigenvalue weighted by Gasteiger charge is 2.08. The van der Waals surface area contributed by atoms with Gasteiger partial charge in [-0.1, -0.05) is 12.1 Å². The van der Waals surface area contributed by atoms with E-state index in [0.717, 1.165) is 16.8 Å². The van der Waals surface area contributed by atoms with Crippen molar-refractivity contribution >= 4 is 27.5 Å². The summed E-state index contributed by atoms with van der Waals surface area (Å²) in [5.74, 6) is -0.207. The van der Waals surface area contributed by atoms with Crippen LogP contribution in [0, 0.1) is 19.7 Å². The van der Waals surface area contributed by atoms with E-state index in [1.165, 1.54) is 18.2 Å². The normalized spacial score (nSPS) is 10.3. The van der Waals surface area contributed by atoms with E-state index in [-0.39, 0.29) is 18.3 Å². The first-order valence-electron chi connectivity index (χ1n) is 6.40. The number of ether oxygens (including phenoxy) is 1. The number of nitrogens with one attached hydrogen (secondary N) is 1. The van der Waals surface area contributed by atoms with Gasteiger partial charge in [-0.15, -0.1) is 0 Å². The lowest BCUT2D eigenvalue weighted by Gasteiger charge is -2.11. The van der Waals surface area contributed by atoms with Crippen molar-refractivity contribution in [3.05, 3.63) is 57.8 Å². The van der Waals surface area contributed by atoms with Crippen LogP contribution in [0.25, 0.3) is 0 Å². The summed E-state index contributed by atoms with van der Waals surface area (Å²) in [6, 6.07) is 9.88. The van der Waals surface area contributed by atoms with Crippen molar-refractivity contribution in [3.8, 4) is 5.75 Å². The predicted molar refractivity (Wildman–Crippen MR) is 84.1 cm³/mol. The molecule has 21 heavy (non-hydrogen) atoms. The Labute approximate surface area is 131 Å². The first-order valence-corrected chi connectivity index (χ1v) is 7.20. The lowest BCUT2D eigenvalue weighted by atomic mass is 10.1. The molecule has 0 atom stereocenters. The Bertz CT molecular complexity index is 673. The number of hydrogen-bond acceptors (Lipinski definition) is 2. The lowest BCUT2D eigenvalue weighted by molar-refractivity contribution is -0.118. The molecule has 2 rings (SSSR count). The van der Waals surface area contributed by atoms with Crippen LogP contribution in [0.5, 0.6) is 5.75 Å². The second-order valence-corrected chi connectivity index (χ2v) is 5.58. The Morgan fingerprint density at radius 1 is 1.24 bits per heavy atom. The second kappa shape index (κ2) is 6.72. The summed E-state index contributed by atoms with van der Waals surface area (Å²) in [7, 11) is 0. The minimum absolute atomic E-state index is 0.141. The molecule has 110 valence electrons. The van der Waals surface area contributed by atoms with Gasteiger partial charge < -0.3 is 10.1 Å². The summed E-state index contributed by atoms with van der Waals surface area (Å²) >= 11 is 3.19. The lowest BCUT2D eigenvalue weighted by Crippen LogP contribution is -2.20. The zero-order valence-corrected chi connectivity index (χ0v) is 13.3. The fraction of sp³-hybridized carbons (Fsp3) is 0.188. The number of aryl methyl sites for hydroxylation is 2. The van der Waals surface area contributed by atoms with E-state index >= 15 is 0 Å². The number of rotatable bonds is 4. The molecule has 0 aliphatic rings. The van der Waals surface area contributed by atoms with Crippen LogP contribution < -0.4 is 10.1 Å². The molecule has 0 heterocycles. The number of hydrogen-bond donors (Lipinski definition) is 1. The topological polar surface area (TPSA) is 38.3 Å². The van der Waals surface area contributed by atoms with E-state index in [4.69, 9.17) is 4.74 Å². The fourth-order valence-corrected chi connectivity index (χ4v) is 2.26. The number of amides is 1. The summed E-state index contributed by atoms with van der Waals surface area (Å²) < 4.78 is 18.8.